The molecule has 0 aliphatic heterocycles. The minimum absolute atomic E-state index is 0.239. The van der Waals surface area contributed by atoms with E-state index in [9.17, 15) is 13.2 Å². The molecule has 0 fully saturated rings. The maximum atomic E-state index is 12.8. The monoisotopic (exact) mass is 437 g/mol. The summed E-state index contributed by atoms with van der Waals surface area (Å²) < 4.78 is 39.1. The standard InChI is InChI=1S/C12H7F3IN5S/c13-12(14,15)5-1-2-6(16)7(3-5)22-11-20-8-9(17)18-4-19-10(8)21-11/h1-4H,(H3,17,18,19,20,21). The van der Waals surface area contributed by atoms with Crippen LogP contribution in [-0.4, -0.2) is 19.9 Å². The van der Waals surface area contributed by atoms with Crippen molar-refractivity contribution >= 4 is 51.3 Å². The first kappa shape index (κ1) is 15.3. The molecule has 114 valence electrons. The fourth-order valence-corrected chi connectivity index (χ4v) is 3.25. The van der Waals surface area contributed by atoms with Crippen LogP contribution in [0.25, 0.3) is 11.2 Å². The molecule has 0 spiro atoms. The fourth-order valence-electron chi connectivity index (χ4n) is 1.74. The minimum atomic E-state index is -4.39. The summed E-state index contributed by atoms with van der Waals surface area (Å²) in [4.78, 5) is 15.3. The van der Waals surface area contributed by atoms with E-state index >= 15 is 0 Å². The number of nitrogens with zero attached hydrogens (tertiary/aromatic N) is 3. The number of H-pyrrole nitrogens is 1. The molecule has 3 rings (SSSR count). The van der Waals surface area contributed by atoms with Crippen LogP contribution in [0.15, 0.2) is 34.6 Å². The third kappa shape index (κ3) is 2.97. The van der Waals surface area contributed by atoms with Gasteiger partial charge in [-0.15, -0.1) is 0 Å². The Kier molecular flexibility index (Phi) is 3.89. The average molecular weight is 437 g/mol. The molecule has 22 heavy (non-hydrogen) atoms. The third-order valence-electron chi connectivity index (χ3n) is 2.76. The lowest BCUT2D eigenvalue weighted by Gasteiger charge is -2.09. The number of nitrogen functional groups attached to an aromatic ring is 1. The summed E-state index contributed by atoms with van der Waals surface area (Å²) >= 11 is 3.06. The maximum Gasteiger partial charge on any atom is 0.416 e. The summed E-state index contributed by atoms with van der Waals surface area (Å²) in [7, 11) is 0. The van der Waals surface area contributed by atoms with E-state index in [0.29, 0.717) is 24.8 Å². The van der Waals surface area contributed by atoms with Gasteiger partial charge in [-0.05, 0) is 40.8 Å². The number of hydrogen-bond acceptors (Lipinski definition) is 5. The van der Waals surface area contributed by atoms with Crippen LogP contribution in [0.5, 0.6) is 0 Å². The number of rotatable bonds is 2. The number of benzene rings is 1. The lowest BCUT2D eigenvalue weighted by molar-refractivity contribution is -0.137. The highest BCUT2D eigenvalue weighted by Crippen LogP contribution is 2.36. The quantitative estimate of drug-likeness (QED) is 0.598. The van der Waals surface area contributed by atoms with E-state index in [-0.39, 0.29) is 5.82 Å². The SMILES string of the molecule is Nc1ncnc2nc(Sc3cc(C(F)(F)F)ccc3I)[nH]c12. The van der Waals surface area contributed by atoms with Crippen LogP contribution in [0.1, 0.15) is 5.56 Å². The van der Waals surface area contributed by atoms with Crippen molar-refractivity contribution in [1.82, 2.24) is 19.9 Å². The van der Waals surface area contributed by atoms with Crippen LogP contribution in [0, 0.1) is 3.57 Å². The van der Waals surface area contributed by atoms with Crippen molar-refractivity contribution in [2.24, 2.45) is 0 Å². The van der Waals surface area contributed by atoms with E-state index in [2.05, 4.69) is 19.9 Å². The summed E-state index contributed by atoms with van der Waals surface area (Å²) in [5, 5.41) is 0.402. The molecule has 5 nitrogen and oxygen atoms in total. The van der Waals surface area contributed by atoms with E-state index in [1.165, 1.54) is 12.4 Å². The number of hydrogen-bond donors (Lipinski definition) is 2. The summed E-state index contributed by atoms with van der Waals surface area (Å²) in [6.07, 6.45) is -3.11. The number of nitrogens with one attached hydrogen (secondary N) is 1. The van der Waals surface area contributed by atoms with Crippen molar-refractivity contribution in [3.05, 3.63) is 33.7 Å². The van der Waals surface area contributed by atoms with Gasteiger partial charge < -0.3 is 10.7 Å². The van der Waals surface area contributed by atoms with Crippen LogP contribution >= 0.6 is 34.4 Å². The van der Waals surface area contributed by atoms with Gasteiger partial charge in [-0.1, -0.05) is 11.8 Å². The molecule has 10 heteroatoms. The Morgan fingerprint density at radius 1 is 1.23 bits per heavy atom. The van der Waals surface area contributed by atoms with Crippen molar-refractivity contribution in [2.45, 2.75) is 16.2 Å². The molecule has 0 unspecified atom stereocenters. The normalized spacial score (nSPS) is 12.0. The number of halogens is 4. The second kappa shape index (κ2) is 5.57. The molecule has 0 aliphatic rings. The zero-order valence-electron chi connectivity index (χ0n) is 10.6. The van der Waals surface area contributed by atoms with Gasteiger partial charge in [-0.2, -0.15) is 13.2 Å². The fraction of sp³-hybridized carbons (Fsp3) is 0.0833. The summed E-state index contributed by atoms with van der Waals surface area (Å²) in [6, 6.07) is 3.56. The van der Waals surface area contributed by atoms with Gasteiger partial charge >= 0.3 is 6.18 Å². The predicted octanol–water partition coefficient (Wildman–Crippen LogP) is 3.71. The van der Waals surface area contributed by atoms with E-state index < -0.39 is 11.7 Å². The Balaban J connectivity index is 1.99. The topological polar surface area (TPSA) is 80.5 Å². The molecule has 0 bridgehead atoms. The van der Waals surface area contributed by atoms with Gasteiger partial charge in [0, 0.05) is 8.47 Å². The lowest BCUT2D eigenvalue weighted by Crippen LogP contribution is -2.05. The molecule has 0 saturated heterocycles. The zero-order chi connectivity index (χ0) is 15.9. The van der Waals surface area contributed by atoms with Gasteiger partial charge in [0.15, 0.2) is 16.6 Å². The van der Waals surface area contributed by atoms with Gasteiger partial charge in [0.2, 0.25) is 0 Å². The molecule has 0 atom stereocenters. The zero-order valence-corrected chi connectivity index (χ0v) is 13.6. The largest absolute Gasteiger partial charge is 0.416 e. The van der Waals surface area contributed by atoms with Crippen LogP contribution in [0.2, 0.25) is 0 Å². The summed E-state index contributed by atoms with van der Waals surface area (Å²) in [5.41, 5.74) is 5.83. The number of fused-ring (bicyclic) bond motifs is 1. The number of anilines is 1. The molecule has 0 aliphatic carbocycles. The first-order valence-electron chi connectivity index (χ1n) is 5.85. The van der Waals surface area contributed by atoms with Crippen LogP contribution in [-0.2, 0) is 6.18 Å². The van der Waals surface area contributed by atoms with Crippen LogP contribution in [0.4, 0.5) is 19.0 Å². The molecular formula is C12H7F3IN5S. The molecule has 2 heterocycles. The van der Waals surface area contributed by atoms with Crippen LogP contribution in [0.3, 0.4) is 0 Å². The van der Waals surface area contributed by atoms with Crippen molar-refractivity contribution < 1.29 is 13.2 Å². The minimum Gasteiger partial charge on any atom is -0.382 e. The number of imidazole rings is 1. The molecule has 0 saturated carbocycles. The van der Waals surface area contributed by atoms with Crippen molar-refractivity contribution in [2.75, 3.05) is 5.73 Å². The molecule has 0 amide bonds. The first-order valence-corrected chi connectivity index (χ1v) is 7.75. The summed E-state index contributed by atoms with van der Waals surface area (Å²) in [6.45, 7) is 0. The Bertz CT molecular complexity index is 848. The smallest absolute Gasteiger partial charge is 0.382 e. The Hall–Kier alpha value is -1.56. The third-order valence-corrected chi connectivity index (χ3v) is 5.01. The lowest BCUT2D eigenvalue weighted by atomic mass is 10.2. The molecule has 2 aromatic heterocycles. The van der Waals surface area contributed by atoms with Gasteiger partial charge in [0.25, 0.3) is 0 Å². The molecular weight excluding hydrogens is 430 g/mol. The molecule has 3 N–H and O–H groups in total. The van der Waals surface area contributed by atoms with Gasteiger partial charge in [0.1, 0.15) is 11.8 Å². The van der Waals surface area contributed by atoms with Crippen molar-refractivity contribution in [3.8, 4) is 0 Å². The second-order valence-corrected chi connectivity index (χ2v) is 6.44. The predicted molar refractivity (Wildman–Crippen MR) is 84.4 cm³/mol. The Morgan fingerprint density at radius 3 is 2.68 bits per heavy atom. The van der Waals surface area contributed by atoms with E-state index in [0.717, 1.165) is 23.9 Å². The van der Waals surface area contributed by atoms with Crippen LogP contribution < -0.4 is 5.73 Å². The van der Waals surface area contributed by atoms with Gasteiger partial charge in [0.05, 0.1) is 5.56 Å². The number of aromatic nitrogens is 4. The van der Waals surface area contributed by atoms with Gasteiger partial charge in [-0.25, -0.2) is 15.0 Å². The molecule has 0 radical (unpaired) electrons. The second-order valence-electron chi connectivity index (χ2n) is 4.24. The Labute approximate surface area is 140 Å². The van der Waals surface area contributed by atoms with Gasteiger partial charge in [-0.3, -0.25) is 0 Å². The van der Waals surface area contributed by atoms with E-state index in [4.69, 9.17) is 5.73 Å². The number of nitrogens with two attached hydrogens (primary N) is 1. The number of aromatic amines is 1. The Morgan fingerprint density at radius 2 is 2.00 bits per heavy atom. The van der Waals surface area contributed by atoms with Crippen molar-refractivity contribution in [1.29, 1.82) is 0 Å². The average Bonchev–Trinajstić information content (AvgIpc) is 2.84. The molecule has 1 aromatic carbocycles. The van der Waals surface area contributed by atoms with Crippen molar-refractivity contribution in [3.63, 3.8) is 0 Å². The maximum absolute atomic E-state index is 12.8. The highest BCUT2D eigenvalue weighted by atomic mass is 127. The van der Waals surface area contributed by atoms with E-state index in [1.807, 2.05) is 22.6 Å². The first-order chi connectivity index (χ1) is 10.3. The highest BCUT2D eigenvalue weighted by molar-refractivity contribution is 14.1. The highest BCUT2D eigenvalue weighted by Gasteiger charge is 2.31. The van der Waals surface area contributed by atoms with E-state index in [1.54, 1.807) is 0 Å². The summed E-state index contributed by atoms with van der Waals surface area (Å²) in [5.74, 6) is 0.239. The number of alkyl halides is 3. The molecule has 3 aromatic rings.